The normalized spacial score (nSPS) is 16.6. The van der Waals surface area contributed by atoms with E-state index in [1.54, 1.807) is 0 Å². The van der Waals surface area contributed by atoms with Gasteiger partial charge in [0.2, 0.25) is 0 Å². The maximum atomic E-state index is 13.4. The SMILES string of the molecule is O=S(=O)([O-])C(F)(F)C(F)(Oc1ccco1)C(F)F. The highest BCUT2D eigenvalue weighted by Crippen LogP contribution is 2.42. The minimum absolute atomic E-state index is 0.671. The fraction of sp³-hybridized carbons (Fsp3) is 0.429. The molecule has 5 nitrogen and oxygen atoms in total. The summed E-state index contributed by atoms with van der Waals surface area (Å²) < 4.78 is 102. The second-order valence-electron chi connectivity index (χ2n) is 2.95. The smallest absolute Gasteiger partial charge is 0.408 e. The highest BCUT2D eigenvalue weighted by atomic mass is 32.2. The van der Waals surface area contributed by atoms with E-state index in [0.717, 1.165) is 12.3 Å². The number of ether oxygens (including phenoxy) is 1. The average molecular weight is 295 g/mol. The lowest BCUT2D eigenvalue weighted by molar-refractivity contribution is -0.260. The molecule has 0 aliphatic rings. The van der Waals surface area contributed by atoms with Crippen LogP contribution in [0.25, 0.3) is 0 Å². The zero-order valence-corrected chi connectivity index (χ0v) is 8.97. The van der Waals surface area contributed by atoms with Gasteiger partial charge in [-0.3, -0.25) is 0 Å². The molecule has 0 bridgehead atoms. The van der Waals surface area contributed by atoms with Crippen LogP contribution >= 0.6 is 0 Å². The Bertz CT molecular complexity index is 498. The first-order chi connectivity index (χ1) is 8.02. The van der Waals surface area contributed by atoms with Gasteiger partial charge in [-0.15, -0.1) is 0 Å². The molecule has 0 aromatic carbocycles. The van der Waals surface area contributed by atoms with E-state index >= 15 is 0 Å². The number of furan rings is 1. The molecule has 0 saturated carbocycles. The van der Waals surface area contributed by atoms with Crippen molar-refractivity contribution in [2.45, 2.75) is 17.5 Å². The van der Waals surface area contributed by atoms with E-state index in [0.29, 0.717) is 6.07 Å². The Hall–Kier alpha value is -1.36. The fourth-order valence-corrected chi connectivity index (χ4v) is 1.34. The Balaban J connectivity index is 3.24. The van der Waals surface area contributed by atoms with Gasteiger partial charge in [-0.25, -0.2) is 17.2 Å². The molecule has 1 atom stereocenters. The molecule has 104 valence electrons. The Morgan fingerprint density at radius 2 is 1.89 bits per heavy atom. The van der Waals surface area contributed by atoms with Crippen LogP contribution in [0.4, 0.5) is 22.0 Å². The van der Waals surface area contributed by atoms with Gasteiger partial charge in [0.25, 0.3) is 5.95 Å². The summed E-state index contributed by atoms with van der Waals surface area (Å²) in [6, 6.07) is 1.65. The van der Waals surface area contributed by atoms with Crippen molar-refractivity contribution in [1.29, 1.82) is 0 Å². The van der Waals surface area contributed by atoms with E-state index < -0.39 is 33.6 Å². The second kappa shape index (κ2) is 4.39. The Morgan fingerprint density at radius 3 is 2.22 bits per heavy atom. The molecule has 18 heavy (non-hydrogen) atoms. The summed E-state index contributed by atoms with van der Waals surface area (Å²) in [6.45, 7) is 0. The molecule has 1 rings (SSSR count). The third-order valence-electron chi connectivity index (χ3n) is 1.74. The van der Waals surface area contributed by atoms with Crippen molar-refractivity contribution >= 4 is 10.1 Å². The highest BCUT2D eigenvalue weighted by molar-refractivity contribution is 7.86. The Morgan fingerprint density at radius 1 is 1.33 bits per heavy atom. The maximum absolute atomic E-state index is 13.4. The first-order valence-electron chi connectivity index (χ1n) is 4.05. The largest absolute Gasteiger partial charge is 0.743 e. The molecule has 1 unspecified atom stereocenters. The minimum Gasteiger partial charge on any atom is -0.743 e. The molecule has 0 spiro atoms. The molecule has 1 aromatic heterocycles. The molecule has 0 aliphatic heterocycles. The molecule has 0 N–H and O–H groups in total. The van der Waals surface area contributed by atoms with Gasteiger partial charge in [0.05, 0.1) is 6.26 Å². The van der Waals surface area contributed by atoms with Gasteiger partial charge in [-0.1, -0.05) is 0 Å². The monoisotopic (exact) mass is 295 g/mol. The number of hydrogen-bond acceptors (Lipinski definition) is 5. The number of rotatable bonds is 5. The molecule has 0 fully saturated rings. The van der Waals surface area contributed by atoms with E-state index in [9.17, 15) is 34.9 Å². The molecule has 1 aromatic rings. The number of hydrogen-bond donors (Lipinski definition) is 0. The van der Waals surface area contributed by atoms with E-state index in [1.165, 1.54) is 0 Å². The molecule has 1 heterocycles. The molecule has 0 saturated heterocycles. The lowest BCUT2D eigenvalue weighted by Gasteiger charge is -2.32. The van der Waals surface area contributed by atoms with Crippen molar-refractivity contribution in [3.63, 3.8) is 0 Å². The second-order valence-corrected chi connectivity index (χ2v) is 4.37. The van der Waals surface area contributed by atoms with Gasteiger partial charge >= 0.3 is 17.5 Å². The fourth-order valence-electron chi connectivity index (χ4n) is 0.869. The summed E-state index contributed by atoms with van der Waals surface area (Å²) in [6.07, 6.45) is -3.84. The topological polar surface area (TPSA) is 79.6 Å². The number of alkyl halides is 5. The van der Waals surface area contributed by atoms with Crippen LogP contribution in [0.1, 0.15) is 0 Å². The highest BCUT2D eigenvalue weighted by Gasteiger charge is 2.69. The van der Waals surface area contributed by atoms with Crippen LogP contribution in [0, 0.1) is 0 Å². The van der Waals surface area contributed by atoms with Crippen LogP contribution in [0.5, 0.6) is 5.95 Å². The van der Waals surface area contributed by atoms with Crippen LogP contribution < -0.4 is 4.74 Å². The van der Waals surface area contributed by atoms with Crippen molar-refractivity contribution in [2.24, 2.45) is 0 Å². The zero-order chi connectivity index (χ0) is 14.2. The average Bonchev–Trinajstić information content (AvgIpc) is 2.67. The van der Waals surface area contributed by atoms with Crippen molar-refractivity contribution in [1.82, 2.24) is 0 Å². The van der Waals surface area contributed by atoms with Gasteiger partial charge < -0.3 is 13.7 Å². The van der Waals surface area contributed by atoms with Crippen LogP contribution in [0.3, 0.4) is 0 Å². The quantitative estimate of drug-likeness (QED) is 0.610. The van der Waals surface area contributed by atoms with Crippen molar-refractivity contribution in [3.8, 4) is 5.95 Å². The maximum Gasteiger partial charge on any atom is 0.408 e. The summed E-state index contributed by atoms with van der Waals surface area (Å²) in [5.74, 6) is -6.49. The van der Waals surface area contributed by atoms with E-state index in [1.807, 2.05) is 0 Å². The molecule has 0 radical (unpaired) electrons. The Kier molecular flexibility index (Phi) is 3.58. The molecule has 0 amide bonds. The molecule has 0 aliphatic carbocycles. The van der Waals surface area contributed by atoms with Gasteiger partial charge in [0.1, 0.15) is 0 Å². The van der Waals surface area contributed by atoms with Gasteiger partial charge in [0, 0.05) is 6.07 Å². The van der Waals surface area contributed by atoms with Gasteiger partial charge in [-0.05, 0) is 6.07 Å². The molecular formula is C7H4F5O5S-. The van der Waals surface area contributed by atoms with Crippen molar-refractivity contribution in [2.75, 3.05) is 0 Å². The van der Waals surface area contributed by atoms with Crippen molar-refractivity contribution < 1.29 is 44.1 Å². The first-order valence-corrected chi connectivity index (χ1v) is 5.46. The summed E-state index contributed by atoms with van der Waals surface area (Å²) in [7, 11) is -6.71. The Labute approximate surface area is 96.9 Å². The summed E-state index contributed by atoms with van der Waals surface area (Å²) in [5.41, 5.74) is 0. The summed E-state index contributed by atoms with van der Waals surface area (Å²) >= 11 is 0. The van der Waals surface area contributed by atoms with Crippen LogP contribution in [-0.2, 0) is 10.1 Å². The molecular weight excluding hydrogens is 291 g/mol. The van der Waals surface area contributed by atoms with Crippen LogP contribution in [0.2, 0.25) is 0 Å². The molecule has 11 heteroatoms. The third kappa shape index (κ3) is 2.27. The number of halogens is 5. The zero-order valence-electron chi connectivity index (χ0n) is 8.15. The standard InChI is InChI=1S/C7H5F5O5S/c8-5(9)6(10,7(11,12)18(13,14)15)17-4-2-1-3-16-4/h1-3,5H,(H,13,14,15)/p-1. The van der Waals surface area contributed by atoms with Crippen LogP contribution in [-0.4, -0.2) is 30.5 Å². The first kappa shape index (κ1) is 14.7. The minimum atomic E-state index is -6.71. The lowest BCUT2D eigenvalue weighted by Crippen LogP contribution is -2.58. The van der Waals surface area contributed by atoms with Crippen LogP contribution in [0.15, 0.2) is 22.8 Å². The lowest BCUT2D eigenvalue weighted by atomic mass is 10.3. The van der Waals surface area contributed by atoms with Crippen molar-refractivity contribution in [3.05, 3.63) is 18.4 Å². The van der Waals surface area contributed by atoms with E-state index in [2.05, 4.69) is 9.15 Å². The summed E-state index contributed by atoms with van der Waals surface area (Å²) in [4.78, 5) is 0. The third-order valence-corrected chi connectivity index (χ3v) is 2.64. The van der Waals surface area contributed by atoms with E-state index in [-0.39, 0.29) is 0 Å². The van der Waals surface area contributed by atoms with E-state index in [4.69, 9.17) is 0 Å². The predicted octanol–water partition coefficient (Wildman–Crippen LogP) is 1.73. The summed E-state index contributed by atoms with van der Waals surface area (Å²) in [5, 5.41) is -6.00. The predicted molar refractivity (Wildman–Crippen MR) is 43.8 cm³/mol. The van der Waals surface area contributed by atoms with Gasteiger partial charge in [0.15, 0.2) is 10.1 Å². The van der Waals surface area contributed by atoms with Gasteiger partial charge in [-0.2, -0.15) is 13.2 Å².